The standard InChI is InChI=1S/C21H27N7OS/c1-14-16(9-24-26(14)2)12-27-7-5-18-17(13-27)20(25-28(18)11-15-3-4-15)21(29)23-10-19-22-6-8-30-19/h6,8-9,15H,3-5,7,10-13H2,1-2H3,(H,23,29). The smallest absolute Gasteiger partial charge is 0.272 e. The number of aryl methyl sites for hydroxylation is 1. The van der Waals surface area contributed by atoms with Crippen molar-refractivity contribution in [3.8, 4) is 0 Å². The molecular weight excluding hydrogens is 398 g/mol. The summed E-state index contributed by atoms with van der Waals surface area (Å²) in [6, 6.07) is 0. The molecule has 0 radical (unpaired) electrons. The largest absolute Gasteiger partial charge is 0.344 e. The van der Waals surface area contributed by atoms with Gasteiger partial charge in [-0.1, -0.05) is 0 Å². The average molecular weight is 426 g/mol. The van der Waals surface area contributed by atoms with E-state index in [2.05, 4.69) is 31.9 Å². The van der Waals surface area contributed by atoms with Gasteiger partial charge in [-0.15, -0.1) is 11.3 Å². The van der Waals surface area contributed by atoms with E-state index in [-0.39, 0.29) is 5.91 Å². The highest BCUT2D eigenvalue weighted by Gasteiger charge is 2.31. The lowest BCUT2D eigenvalue weighted by Gasteiger charge is -2.27. The van der Waals surface area contributed by atoms with Crippen molar-refractivity contribution in [1.82, 2.24) is 34.8 Å². The maximum absolute atomic E-state index is 13.0. The molecule has 2 aliphatic rings. The van der Waals surface area contributed by atoms with Gasteiger partial charge in [0, 0.05) is 73.7 Å². The molecule has 8 nitrogen and oxygen atoms in total. The van der Waals surface area contributed by atoms with Crippen LogP contribution in [0, 0.1) is 12.8 Å². The second-order valence-electron chi connectivity index (χ2n) is 8.35. The Morgan fingerprint density at radius 2 is 2.23 bits per heavy atom. The van der Waals surface area contributed by atoms with E-state index in [9.17, 15) is 4.79 Å². The van der Waals surface area contributed by atoms with E-state index in [0.29, 0.717) is 12.2 Å². The number of aromatic nitrogens is 5. The van der Waals surface area contributed by atoms with Gasteiger partial charge in [0.25, 0.3) is 5.91 Å². The SMILES string of the molecule is Cc1c(CN2CCc3c(c(C(=O)NCc4nccs4)nn3CC3CC3)C2)cnn1C. The quantitative estimate of drug-likeness (QED) is 0.628. The predicted molar refractivity (Wildman–Crippen MR) is 114 cm³/mol. The summed E-state index contributed by atoms with van der Waals surface area (Å²) in [5, 5.41) is 15.0. The van der Waals surface area contributed by atoms with Gasteiger partial charge in [-0.25, -0.2) is 4.98 Å². The van der Waals surface area contributed by atoms with Gasteiger partial charge in [0.1, 0.15) is 5.01 Å². The molecule has 0 spiro atoms. The molecule has 1 fully saturated rings. The molecule has 1 aliphatic heterocycles. The topological polar surface area (TPSA) is 80.9 Å². The molecule has 30 heavy (non-hydrogen) atoms. The Balaban J connectivity index is 1.36. The molecule has 4 heterocycles. The summed E-state index contributed by atoms with van der Waals surface area (Å²) in [6.07, 6.45) is 7.17. The van der Waals surface area contributed by atoms with Crippen LogP contribution in [0.4, 0.5) is 0 Å². The van der Waals surface area contributed by atoms with Crippen molar-refractivity contribution < 1.29 is 4.79 Å². The van der Waals surface area contributed by atoms with Gasteiger partial charge in [-0.2, -0.15) is 10.2 Å². The van der Waals surface area contributed by atoms with E-state index in [1.54, 1.807) is 17.5 Å². The molecule has 1 N–H and O–H groups in total. The van der Waals surface area contributed by atoms with Crippen molar-refractivity contribution >= 4 is 17.2 Å². The summed E-state index contributed by atoms with van der Waals surface area (Å²) in [5.41, 5.74) is 5.32. The molecule has 1 aliphatic carbocycles. The minimum atomic E-state index is -0.101. The van der Waals surface area contributed by atoms with Crippen molar-refractivity contribution in [3.63, 3.8) is 0 Å². The van der Waals surface area contributed by atoms with Crippen LogP contribution in [0.3, 0.4) is 0 Å². The number of fused-ring (bicyclic) bond motifs is 1. The van der Waals surface area contributed by atoms with Crippen LogP contribution < -0.4 is 5.32 Å². The van der Waals surface area contributed by atoms with Crippen LogP contribution in [0.15, 0.2) is 17.8 Å². The Bertz CT molecular complexity index is 1050. The molecular formula is C21H27N7OS. The van der Waals surface area contributed by atoms with E-state index in [1.165, 1.54) is 29.8 Å². The van der Waals surface area contributed by atoms with Crippen LogP contribution in [0.1, 0.15) is 50.9 Å². The molecule has 9 heteroatoms. The van der Waals surface area contributed by atoms with Gasteiger partial charge in [0.2, 0.25) is 0 Å². The molecule has 0 unspecified atom stereocenters. The maximum Gasteiger partial charge on any atom is 0.272 e. The third kappa shape index (κ3) is 3.91. The van der Waals surface area contributed by atoms with Crippen LogP contribution in [0.2, 0.25) is 0 Å². The van der Waals surface area contributed by atoms with Crippen LogP contribution in [-0.2, 0) is 39.6 Å². The Morgan fingerprint density at radius 3 is 2.93 bits per heavy atom. The number of rotatable bonds is 7. The third-order valence-corrected chi connectivity index (χ3v) is 6.95. The lowest BCUT2D eigenvalue weighted by atomic mass is 10.0. The first-order valence-electron chi connectivity index (χ1n) is 10.5. The van der Waals surface area contributed by atoms with Gasteiger partial charge >= 0.3 is 0 Å². The fourth-order valence-corrected chi connectivity index (χ4v) is 4.64. The molecule has 3 aromatic heterocycles. The molecule has 3 aromatic rings. The molecule has 0 atom stereocenters. The summed E-state index contributed by atoms with van der Waals surface area (Å²) in [6.45, 7) is 6.03. The Morgan fingerprint density at radius 1 is 1.37 bits per heavy atom. The zero-order valence-electron chi connectivity index (χ0n) is 17.5. The summed E-state index contributed by atoms with van der Waals surface area (Å²) in [7, 11) is 1.97. The molecule has 1 saturated carbocycles. The van der Waals surface area contributed by atoms with E-state index in [0.717, 1.165) is 49.1 Å². The van der Waals surface area contributed by atoms with Crippen molar-refractivity contribution in [2.45, 2.75) is 52.4 Å². The van der Waals surface area contributed by atoms with E-state index < -0.39 is 0 Å². The summed E-state index contributed by atoms with van der Waals surface area (Å²) >= 11 is 1.55. The number of amides is 1. The number of hydrogen-bond acceptors (Lipinski definition) is 6. The maximum atomic E-state index is 13.0. The van der Waals surface area contributed by atoms with Crippen LogP contribution in [-0.4, -0.2) is 41.9 Å². The minimum Gasteiger partial charge on any atom is -0.344 e. The lowest BCUT2D eigenvalue weighted by molar-refractivity contribution is 0.0942. The first kappa shape index (κ1) is 19.4. The molecule has 0 bridgehead atoms. The van der Waals surface area contributed by atoms with Crippen molar-refractivity contribution in [1.29, 1.82) is 0 Å². The third-order valence-electron chi connectivity index (χ3n) is 6.17. The van der Waals surface area contributed by atoms with Gasteiger partial charge in [-0.3, -0.25) is 19.1 Å². The Labute approximate surface area is 179 Å². The summed E-state index contributed by atoms with van der Waals surface area (Å²) in [4.78, 5) is 19.7. The minimum absolute atomic E-state index is 0.101. The van der Waals surface area contributed by atoms with E-state index in [1.807, 2.05) is 23.3 Å². The number of hydrogen-bond donors (Lipinski definition) is 1. The molecule has 5 rings (SSSR count). The molecule has 0 aromatic carbocycles. The van der Waals surface area contributed by atoms with E-state index >= 15 is 0 Å². The Hall–Kier alpha value is -2.52. The van der Waals surface area contributed by atoms with Crippen LogP contribution >= 0.6 is 11.3 Å². The highest BCUT2D eigenvalue weighted by atomic mass is 32.1. The van der Waals surface area contributed by atoms with Crippen molar-refractivity contribution in [2.75, 3.05) is 6.54 Å². The average Bonchev–Trinajstić information content (AvgIpc) is 3.13. The normalized spacial score (nSPS) is 16.6. The van der Waals surface area contributed by atoms with Gasteiger partial charge < -0.3 is 5.32 Å². The predicted octanol–water partition coefficient (Wildman–Crippen LogP) is 2.28. The molecule has 0 saturated heterocycles. The van der Waals surface area contributed by atoms with Crippen LogP contribution in [0.5, 0.6) is 0 Å². The molecule has 1 amide bonds. The Kier molecular flexibility index (Phi) is 5.16. The fraction of sp³-hybridized carbons (Fsp3) is 0.524. The number of carbonyl (C=O) groups is 1. The van der Waals surface area contributed by atoms with Crippen molar-refractivity contribution in [3.05, 3.63) is 51.0 Å². The second kappa shape index (κ2) is 7.96. The first-order chi connectivity index (χ1) is 14.6. The second-order valence-corrected chi connectivity index (χ2v) is 9.33. The highest BCUT2D eigenvalue weighted by molar-refractivity contribution is 7.09. The summed E-state index contributed by atoms with van der Waals surface area (Å²) in [5.74, 6) is 0.617. The van der Waals surface area contributed by atoms with Gasteiger partial charge in [-0.05, 0) is 25.7 Å². The van der Waals surface area contributed by atoms with Crippen molar-refractivity contribution in [2.24, 2.45) is 13.0 Å². The van der Waals surface area contributed by atoms with Gasteiger partial charge in [0.15, 0.2) is 5.69 Å². The van der Waals surface area contributed by atoms with Crippen LogP contribution in [0.25, 0.3) is 0 Å². The number of thiazole rings is 1. The van der Waals surface area contributed by atoms with E-state index in [4.69, 9.17) is 5.10 Å². The monoisotopic (exact) mass is 425 g/mol. The number of nitrogens with zero attached hydrogens (tertiary/aromatic N) is 6. The highest BCUT2D eigenvalue weighted by Crippen LogP contribution is 2.33. The lowest BCUT2D eigenvalue weighted by Crippen LogP contribution is -2.32. The fourth-order valence-electron chi connectivity index (χ4n) is 4.08. The summed E-state index contributed by atoms with van der Waals surface area (Å²) < 4.78 is 4.02. The zero-order chi connectivity index (χ0) is 20.7. The number of carbonyl (C=O) groups excluding carboxylic acids is 1. The zero-order valence-corrected chi connectivity index (χ0v) is 18.3. The first-order valence-corrected chi connectivity index (χ1v) is 11.4. The van der Waals surface area contributed by atoms with Gasteiger partial charge in [0.05, 0.1) is 12.7 Å². The molecule has 158 valence electrons. The number of nitrogens with one attached hydrogen (secondary N) is 1.